The Bertz CT molecular complexity index is 1250. The predicted molar refractivity (Wildman–Crippen MR) is 152 cm³/mol. The number of aromatic carboxylic acids is 1. The molecule has 0 spiro atoms. The smallest absolute Gasteiger partial charge is 0.342 e. The number of rotatable bonds is 12. The molecule has 10 nitrogen and oxygen atoms in total. The number of carbonyl (C=O) groups is 2. The maximum absolute atomic E-state index is 12.4. The molecule has 2 unspecified atom stereocenters. The zero-order valence-electron chi connectivity index (χ0n) is 21.7. The number of carbonyl (C=O) groups excluding carboxylic acids is 1. The highest BCUT2D eigenvalue weighted by Crippen LogP contribution is 2.27. The number of hydrogen-bond donors (Lipinski definition) is 1. The number of carboxylic acid groups (broad SMARTS) is 1. The van der Waals surface area contributed by atoms with Gasteiger partial charge < -0.3 is 38.3 Å². The van der Waals surface area contributed by atoms with Gasteiger partial charge in [-0.15, -0.1) is 0 Å². The molecule has 2 atom stereocenters. The molecule has 2 aliphatic heterocycles. The fourth-order valence-corrected chi connectivity index (χ4v) is 3.35. The molecule has 0 bridgehead atoms. The van der Waals surface area contributed by atoms with Crippen LogP contribution in [0, 0.1) is 0 Å². The average molecular weight is 571 g/mol. The highest BCUT2D eigenvalue weighted by Gasteiger charge is 2.25. The number of hydrogen-bond acceptors (Lipinski definition) is 9. The molecule has 2 heterocycles. The number of epoxide rings is 2. The van der Waals surface area contributed by atoms with Crippen molar-refractivity contribution in [3.05, 3.63) is 83.4 Å². The standard InChI is InChI=1S/C18H18O5.C11H12O5.2CH4/c1-20-14-7-8-17(22-12-15-11-21-15)16(9-14)18(19)23-10-13-5-3-2-4-6-13;1-14-7-2-3-10(9(4-7)11(12)13)16-6-8-5-15-8;;/h2-9,15H,10-12H2,1H3;2-4,8H,5-6H2,1H3,(H,12,13);2*1H4. The first-order valence-electron chi connectivity index (χ1n) is 12.3. The van der Waals surface area contributed by atoms with Crippen molar-refractivity contribution in [2.75, 3.05) is 40.6 Å². The molecule has 0 amide bonds. The first kappa shape index (κ1) is 32.9. The summed E-state index contributed by atoms with van der Waals surface area (Å²) in [4.78, 5) is 23.4. The van der Waals surface area contributed by atoms with Crippen LogP contribution >= 0.6 is 0 Å². The molecule has 222 valence electrons. The Balaban J connectivity index is 0.000000290. The van der Waals surface area contributed by atoms with E-state index in [-0.39, 0.29) is 39.2 Å². The number of carboxylic acids is 1. The normalized spacial score (nSPS) is 15.9. The van der Waals surface area contributed by atoms with E-state index in [9.17, 15) is 9.59 Å². The molecule has 3 aromatic rings. The van der Waals surface area contributed by atoms with Crippen LogP contribution in [0.15, 0.2) is 66.7 Å². The molecule has 1 N–H and O–H groups in total. The first-order chi connectivity index (χ1) is 19.0. The van der Waals surface area contributed by atoms with Crippen LogP contribution in [-0.4, -0.2) is 69.9 Å². The van der Waals surface area contributed by atoms with Crippen LogP contribution in [0.5, 0.6) is 23.0 Å². The fraction of sp³-hybridized carbons (Fsp3) is 0.355. The molecular weight excluding hydrogens is 532 g/mol. The third-order valence-electron chi connectivity index (χ3n) is 5.69. The van der Waals surface area contributed by atoms with Crippen LogP contribution in [0.2, 0.25) is 0 Å². The van der Waals surface area contributed by atoms with Gasteiger partial charge in [0, 0.05) is 0 Å². The minimum Gasteiger partial charge on any atom is -0.497 e. The summed E-state index contributed by atoms with van der Waals surface area (Å²) < 4.78 is 36.6. The van der Waals surface area contributed by atoms with Crippen molar-refractivity contribution >= 4 is 11.9 Å². The number of benzene rings is 3. The van der Waals surface area contributed by atoms with E-state index in [1.807, 2.05) is 30.3 Å². The molecule has 5 rings (SSSR count). The van der Waals surface area contributed by atoms with E-state index >= 15 is 0 Å². The molecule has 0 aliphatic carbocycles. The molecule has 10 heteroatoms. The molecule has 2 fully saturated rings. The van der Waals surface area contributed by atoms with Gasteiger partial charge in [-0.2, -0.15) is 0 Å². The van der Waals surface area contributed by atoms with Gasteiger partial charge in [0.15, 0.2) is 0 Å². The lowest BCUT2D eigenvalue weighted by Crippen LogP contribution is -2.11. The Morgan fingerprint density at radius 1 is 0.780 bits per heavy atom. The summed E-state index contributed by atoms with van der Waals surface area (Å²) in [6.45, 7) is 2.39. The molecule has 2 saturated heterocycles. The average Bonchev–Trinajstić information content (AvgIpc) is 3.90. The van der Waals surface area contributed by atoms with Gasteiger partial charge in [-0.05, 0) is 42.0 Å². The van der Waals surface area contributed by atoms with Gasteiger partial charge in [0.1, 0.15) is 66.2 Å². The van der Waals surface area contributed by atoms with Crippen LogP contribution in [0.3, 0.4) is 0 Å². The van der Waals surface area contributed by atoms with Gasteiger partial charge in [-0.1, -0.05) is 45.2 Å². The zero-order chi connectivity index (χ0) is 27.6. The van der Waals surface area contributed by atoms with Crippen molar-refractivity contribution in [2.24, 2.45) is 0 Å². The van der Waals surface area contributed by atoms with E-state index in [0.29, 0.717) is 55.0 Å². The Morgan fingerprint density at radius 3 is 1.73 bits per heavy atom. The van der Waals surface area contributed by atoms with Gasteiger partial charge in [-0.25, -0.2) is 9.59 Å². The van der Waals surface area contributed by atoms with Crippen molar-refractivity contribution in [2.45, 2.75) is 33.7 Å². The van der Waals surface area contributed by atoms with Crippen LogP contribution in [0.25, 0.3) is 0 Å². The lowest BCUT2D eigenvalue weighted by atomic mass is 10.2. The lowest BCUT2D eigenvalue weighted by Gasteiger charge is -2.12. The highest BCUT2D eigenvalue weighted by molar-refractivity contribution is 5.93. The third-order valence-corrected chi connectivity index (χ3v) is 5.69. The van der Waals surface area contributed by atoms with Crippen LogP contribution in [0.1, 0.15) is 41.1 Å². The van der Waals surface area contributed by atoms with Gasteiger partial charge in [0.05, 0.1) is 27.4 Å². The summed E-state index contributed by atoms with van der Waals surface area (Å²) in [5.41, 5.74) is 1.37. The van der Waals surface area contributed by atoms with Crippen LogP contribution < -0.4 is 18.9 Å². The molecule has 2 aliphatic rings. The summed E-state index contributed by atoms with van der Waals surface area (Å²) >= 11 is 0. The molecule has 0 aromatic heterocycles. The van der Waals surface area contributed by atoms with Gasteiger partial charge in [0.25, 0.3) is 0 Å². The van der Waals surface area contributed by atoms with Crippen molar-refractivity contribution in [3.8, 4) is 23.0 Å². The summed E-state index contributed by atoms with van der Waals surface area (Å²) in [5.74, 6) is 0.396. The second-order valence-electron chi connectivity index (χ2n) is 8.62. The van der Waals surface area contributed by atoms with Crippen molar-refractivity contribution in [3.63, 3.8) is 0 Å². The Hall–Kier alpha value is -4.28. The molecule has 0 radical (unpaired) electrons. The van der Waals surface area contributed by atoms with Crippen LogP contribution in [-0.2, 0) is 20.8 Å². The Labute approximate surface area is 240 Å². The molecule has 3 aromatic carbocycles. The van der Waals surface area contributed by atoms with E-state index < -0.39 is 11.9 Å². The van der Waals surface area contributed by atoms with E-state index in [1.54, 1.807) is 37.4 Å². The number of methoxy groups -OCH3 is 2. The van der Waals surface area contributed by atoms with Gasteiger partial charge >= 0.3 is 11.9 Å². The summed E-state index contributed by atoms with van der Waals surface area (Å²) in [5, 5.41) is 9.00. The van der Waals surface area contributed by atoms with E-state index in [2.05, 4.69) is 0 Å². The second kappa shape index (κ2) is 16.1. The van der Waals surface area contributed by atoms with Gasteiger partial charge in [-0.3, -0.25) is 0 Å². The Kier molecular flexibility index (Phi) is 12.9. The topological polar surface area (TPSA) is 126 Å². The monoisotopic (exact) mass is 570 g/mol. The minimum atomic E-state index is -1.04. The van der Waals surface area contributed by atoms with Crippen molar-refractivity contribution in [1.29, 1.82) is 0 Å². The molecular formula is C31H38O10. The highest BCUT2D eigenvalue weighted by atomic mass is 16.6. The summed E-state index contributed by atoms with van der Waals surface area (Å²) in [6.07, 6.45) is 0.217. The van der Waals surface area contributed by atoms with Gasteiger partial charge in [0.2, 0.25) is 0 Å². The van der Waals surface area contributed by atoms with E-state index in [4.69, 9.17) is 38.3 Å². The first-order valence-corrected chi connectivity index (χ1v) is 12.3. The molecule has 41 heavy (non-hydrogen) atoms. The maximum Gasteiger partial charge on any atom is 0.342 e. The number of esters is 1. The second-order valence-corrected chi connectivity index (χ2v) is 8.62. The SMILES string of the molecule is C.C.COc1ccc(OCC2CO2)c(C(=O)O)c1.COc1ccc(OCC2CO2)c(C(=O)OCc2ccccc2)c1. The van der Waals surface area contributed by atoms with Crippen LogP contribution in [0.4, 0.5) is 0 Å². The minimum absolute atomic E-state index is 0. The molecule has 0 saturated carbocycles. The fourth-order valence-electron chi connectivity index (χ4n) is 3.35. The van der Waals surface area contributed by atoms with Crippen molar-refractivity contribution in [1.82, 2.24) is 0 Å². The Morgan fingerprint density at radius 2 is 1.27 bits per heavy atom. The third kappa shape index (κ3) is 10.3. The lowest BCUT2D eigenvalue weighted by molar-refractivity contribution is 0.0466. The maximum atomic E-state index is 12.4. The largest absolute Gasteiger partial charge is 0.497 e. The summed E-state index contributed by atoms with van der Waals surface area (Å²) in [6, 6.07) is 19.3. The number of ether oxygens (including phenoxy) is 7. The predicted octanol–water partition coefficient (Wildman–Crippen LogP) is 5.27. The quantitative estimate of drug-likeness (QED) is 0.227. The van der Waals surface area contributed by atoms with Crippen molar-refractivity contribution < 1.29 is 47.9 Å². The zero-order valence-corrected chi connectivity index (χ0v) is 21.7. The summed E-state index contributed by atoms with van der Waals surface area (Å²) in [7, 11) is 3.03. The van der Waals surface area contributed by atoms with E-state index in [1.165, 1.54) is 13.2 Å². The van der Waals surface area contributed by atoms with E-state index in [0.717, 1.165) is 5.56 Å².